The van der Waals surface area contributed by atoms with Crippen molar-refractivity contribution in [3.8, 4) is 5.75 Å². The van der Waals surface area contributed by atoms with E-state index in [9.17, 15) is 0 Å². The van der Waals surface area contributed by atoms with E-state index >= 15 is 0 Å². The maximum Gasteiger partial charge on any atom is 0.195 e. The molecule has 20 heavy (non-hydrogen) atoms. The van der Waals surface area contributed by atoms with Gasteiger partial charge in [0.2, 0.25) is 0 Å². The molecule has 0 saturated heterocycles. The second-order valence-corrected chi connectivity index (χ2v) is 5.63. The van der Waals surface area contributed by atoms with E-state index in [1.165, 1.54) is 5.56 Å². The van der Waals surface area contributed by atoms with Crippen molar-refractivity contribution < 1.29 is 4.74 Å². The van der Waals surface area contributed by atoms with Gasteiger partial charge in [0.05, 0.1) is 12.6 Å². The average molecular weight is 275 g/mol. The fourth-order valence-electron chi connectivity index (χ4n) is 2.44. The molecule has 0 amide bonds. The average Bonchev–Trinajstić information content (AvgIpc) is 3.16. The number of aliphatic imine (C=N–C) groups is 1. The molecule has 2 atom stereocenters. The molecule has 0 aromatic heterocycles. The van der Waals surface area contributed by atoms with E-state index in [1.807, 2.05) is 35.1 Å². The van der Waals surface area contributed by atoms with Crippen molar-refractivity contribution in [1.82, 2.24) is 9.80 Å². The van der Waals surface area contributed by atoms with Crippen molar-refractivity contribution in [2.45, 2.75) is 25.3 Å². The summed E-state index contributed by atoms with van der Waals surface area (Å²) < 4.78 is 5.47. The molecular weight excluding hydrogens is 250 g/mol. The molecule has 1 saturated carbocycles. The van der Waals surface area contributed by atoms with Gasteiger partial charge in [0, 0.05) is 34.1 Å². The summed E-state index contributed by atoms with van der Waals surface area (Å²) >= 11 is 0. The minimum absolute atomic E-state index is 0.410. The normalized spacial score (nSPS) is 20.2. The second-order valence-electron chi connectivity index (χ2n) is 5.63. The Morgan fingerprint density at radius 3 is 2.25 bits per heavy atom. The van der Waals surface area contributed by atoms with Gasteiger partial charge in [0.1, 0.15) is 5.75 Å². The van der Waals surface area contributed by atoms with Crippen LogP contribution < -0.4 is 4.74 Å². The van der Waals surface area contributed by atoms with Crippen LogP contribution >= 0.6 is 0 Å². The van der Waals surface area contributed by atoms with Crippen molar-refractivity contribution >= 4 is 5.96 Å². The lowest BCUT2D eigenvalue weighted by atomic mass is 10.1. The Morgan fingerprint density at radius 2 is 1.75 bits per heavy atom. The Kier molecular flexibility index (Phi) is 4.53. The van der Waals surface area contributed by atoms with Crippen molar-refractivity contribution in [2.75, 3.05) is 34.8 Å². The van der Waals surface area contributed by atoms with Gasteiger partial charge in [-0.2, -0.15) is 0 Å². The third-order valence-electron chi connectivity index (χ3n) is 3.46. The van der Waals surface area contributed by atoms with E-state index in [4.69, 9.17) is 9.73 Å². The third kappa shape index (κ3) is 3.44. The third-order valence-corrected chi connectivity index (χ3v) is 3.46. The van der Waals surface area contributed by atoms with E-state index in [-0.39, 0.29) is 0 Å². The van der Waals surface area contributed by atoms with Crippen molar-refractivity contribution in [1.29, 1.82) is 0 Å². The van der Waals surface area contributed by atoms with Crippen LogP contribution in [0.4, 0.5) is 0 Å². The first kappa shape index (κ1) is 14.7. The van der Waals surface area contributed by atoms with Crippen molar-refractivity contribution in [3.63, 3.8) is 0 Å². The highest BCUT2D eigenvalue weighted by Crippen LogP contribution is 2.44. The molecule has 2 rings (SSSR count). The summed E-state index contributed by atoms with van der Waals surface area (Å²) in [5.41, 5.74) is 1.36. The molecule has 0 aliphatic heterocycles. The van der Waals surface area contributed by atoms with Crippen molar-refractivity contribution in [3.05, 3.63) is 29.8 Å². The molecule has 0 bridgehead atoms. The zero-order valence-corrected chi connectivity index (χ0v) is 13.1. The number of nitrogens with zero attached hydrogens (tertiary/aromatic N) is 3. The number of guanidine groups is 1. The summed E-state index contributed by atoms with van der Waals surface area (Å²) in [4.78, 5) is 8.97. The molecule has 0 spiro atoms. The summed E-state index contributed by atoms with van der Waals surface area (Å²) in [6, 6.07) is 8.84. The summed E-state index contributed by atoms with van der Waals surface area (Å²) in [7, 11) is 8.14. The van der Waals surface area contributed by atoms with Crippen LogP contribution in [-0.2, 0) is 0 Å². The monoisotopic (exact) mass is 275 g/mol. The van der Waals surface area contributed by atoms with E-state index in [0.29, 0.717) is 18.6 Å². The van der Waals surface area contributed by atoms with Gasteiger partial charge in [-0.15, -0.1) is 0 Å². The lowest BCUT2D eigenvalue weighted by Gasteiger charge is -2.22. The molecule has 0 radical (unpaired) electrons. The topological polar surface area (TPSA) is 28.1 Å². The number of hydrogen-bond donors (Lipinski definition) is 0. The Morgan fingerprint density at radius 1 is 1.15 bits per heavy atom. The first-order chi connectivity index (χ1) is 9.52. The zero-order valence-electron chi connectivity index (χ0n) is 13.1. The lowest BCUT2D eigenvalue weighted by molar-refractivity contribution is 0.340. The van der Waals surface area contributed by atoms with Crippen LogP contribution in [0.1, 0.15) is 24.8 Å². The van der Waals surface area contributed by atoms with Gasteiger partial charge in [-0.3, -0.25) is 0 Å². The molecule has 0 heterocycles. The first-order valence-electron chi connectivity index (χ1n) is 7.18. The largest absolute Gasteiger partial charge is 0.494 e. The van der Waals surface area contributed by atoms with E-state index in [0.717, 1.165) is 18.1 Å². The summed E-state index contributed by atoms with van der Waals surface area (Å²) in [5, 5.41) is 0. The van der Waals surface area contributed by atoms with Gasteiger partial charge in [-0.05, 0) is 31.0 Å². The fourth-order valence-corrected chi connectivity index (χ4v) is 2.44. The quantitative estimate of drug-likeness (QED) is 0.624. The molecule has 0 N–H and O–H groups in total. The molecule has 1 fully saturated rings. The van der Waals surface area contributed by atoms with E-state index in [2.05, 4.69) is 34.1 Å². The molecule has 0 unspecified atom stereocenters. The summed E-state index contributed by atoms with van der Waals surface area (Å²) in [5.74, 6) is 2.53. The number of hydrogen-bond acceptors (Lipinski definition) is 2. The van der Waals surface area contributed by atoms with Gasteiger partial charge in [0.15, 0.2) is 5.96 Å². The smallest absolute Gasteiger partial charge is 0.195 e. The minimum Gasteiger partial charge on any atom is -0.494 e. The highest BCUT2D eigenvalue weighted by Gasteiger charge is 2.39. The van der Waals surface area contributed by atoms with Gasteiger partial charge in [-0.25, -0.2) is 4.99 Å². The fraction of sp³-hybridized carbons (Fsp3) is 0.562. The molecule has 1 aromatic rings. The van der Waals surface area contributed by atoms with Crippen LogP contribution in [0.5, 0.6) is 5.75 Å². The zero-order chi connectivity index (χ0) is 14.7. The Hall–Kier alpha value is -1.71. The van der Waals surface area contributed by atoms with Crippen LogP contribution in [0.15, 0.2) is 29.3 Å². The Balaban J connectivity index is 2.02. The highest BCUT2D eigenvalue weighted by molar-refractivity contribution is 5.79. The van der Waals surface area contributed by atoms with Crippen LogP contribution in [0, 0.1) is 0 Å². The predicted molar refractivity (Wildman–Crippen MR) is 83.6 cm³/mol. The summed E-state index contributed by atoms with van der Waals surface area (Å²) in [6.07, 6.45) is 1.14. The molecule has 4 heteroatoms. The second kappa shape index (κ2) is 6.16. The van der Waals surface area contributed by atoms with Gasteiger partial charge < -0.3 is 14.5 Å². The number of ether oxygens (including phenoxy) is 1. The lowest BCUT2D eigenvalue weighted by Crippen LogP contribution is -2.35. The Labute approximate surface area is 122 Å². The highest BCUT2D eigenvalue weighted by atomic mass is 16.5. The van der Waals surface area contributed by atoms with Gasteiger partial charge >= 0.3 is 0 Å². The predicted octanol–water partition coefficient (Wildman–Crippen LogP) is 2.42. The number of rotatable bonds is 4. The maximum absolute atomic E-state index is 5.47. The van der Waals surface area contributed by atoms with E-state index in [1.54, 1.807) is 0 Å². The van der Waals surface area contributed by atoms with Crippen LogP contribution in [-0.4, -0.2) is 56.6 Å². The molecule has 1 aromatic carbocycles. The molecule has 1 aliphatic carbocycles. The van der Waals surface area contributed by atoms with Gasteiger partial charge in [-0.1, -0.05) is 12.1 Å². The summed E-state index contributed by atoms with van der Waals surface area (Å²) in [6.45, 7) is 2.72. The molecular formula is C16H25N3O. The minimum atomic E-state index is 0.410. The Bertz CT molecular complexity index is 455. The van der Waals surface area contributed by atoms with Crippen molar-refractivity contribution in [2.24, 2.45) is 4.99 Å². The number of benzene rings is 1. The van der Waals surface area contributed by atoms with Gasteiger partial charge in [0.25, 0.3) is 0 Å². The van der Waals surface area contributed by atoms with Crippen LogP contribution in [0.3, 0.4) is 0 Å². The van der Waals surface area contributed by atoms with Crippen LogP contribution in [0.25, 0.3) is 0 Å². The SMILES string of the molecule is CCOc1ccc([C@@H]2C[C@@H]2N=C(N(C)C)N(C)C)cc1. The molecule has 110 valence electrons. The molecule has 4 nitrogen and oxygen atoms in total. The standard InChI is InChI=1S/C16H25N3O/c1-6-20-13-9-7-12(8-10-13)14-11-15(14)17-16(18(2)3)19(4)5/h7-10,14-15H,6,11H2,1-5H3/t14-,15-/m0/s1. The first-order valence-corrected chi connectivity index (χ1v) is 7.18. The molecule has 1 aliphatic rings. The van der Waals surface area contributed by atoms with Crippen LogP contribution in [0.2, 0.25) is 0 Å². The van der Waals surface area contributed by atoms with E-state index < -0.39 is 0 Å². The maximum atomic E-state index is 5.47.